The number of amides is 1. The van der Waals surface area contributed by atoms with Crippen LogP contribution in [0.15, 0.2) is 10.7 Å². The van der Waals surface area contributed by atoms with Gasteiger partial charge in [0.1, 0.15) is 6.04 Å². The van der Waals surface area contributed by atoms with Crippen molar-refractivity contribution in [2.75, 3.05) is 26.3 Å². The Balaban J connectivity index is 2.11. The molecule has 1 aromatic heterocycles. The molecule has 1 aliphatic heterocycles. The smallest absolute Gasteiger partial charge is 0.247 e. The Bertz CT molecular complexity index is 413. The van der Waals surface area contributed by atoms with Gasteiger partial charge in [-0.2, -0.15) is 5.10 Å². The fraction of sp³-hybridized carbons (Fsp3) is 0.636. The van der Waals surface area contributed by atoms with E-state index in [1.54, 1.807) is 10.9 Å². The van der Waals surface area contributed by atoms with Gasteiger partial charge >= 0.3 is 0 Å². The fourth-order valence-electron chi connectivity index (χ4n) is 1.95. The third kappa shape index (κ3) is 2.52. The van der Waals surface area contributed by atoms with Gasteiger partial charge in [-0.05, 0) is 29.8 Å². The van der Waals surface area contributed by atoms with Crippen molar-refractivity contribution in [2.45, 2.75) is 19.9 Å². The van der Waals surface area contributed by atoms with Crippen LogP contribution in [0.3, 0.4) is 0 Å². The van der Waals surface area contributed by atoms with Gasteiger partial charge in [0.25, 0.3) is 0 Å². The number of carbonyl (C=O) groups is 1. The summed E-state index contributed by atoms with van der Waals surface area (Å²) in [5.74, 6) is 0.104. The molecule has 5 nitrogen and oxygen atoms in total. The average molecular weight is 302 g/mol. The van der Waals surface area contributed by atoms with Crippen LogP contribution in [0.2, 0.25) is 0 Å². The SMILES string of the molecule is Cc1c(Br)cnn1C(C)C(=O)N1CCOCC1. The molecule has 17 heavy (non-hydrogen) atoms. The van der Waals surface area contributed by atoms with Gasteiger partial charge in [0.2, 0.25) is 5.91 Å². The van der Waals surface area contributed by atoms with E-state index in [0.717, 1.165) is 10.2 Å². The molecule has 94 valence electrons. The Kier molecular flexibility index (Phi) is 3.83. The van der Waals surface area contributed by atoms with E-state index in [-0.39, 0.29) is 11.9 Å². The maximum absolute atomic E-state index is 12.3. The lowest BCUT2D eigenvalue weighted by Gasteiger charge is -2.29. The van der Waals surface area contributed by atoms with E-state index >= 15 is 0 Å². The lowest BCUT2D eigenvalue weighted by molar-refractivity contribution is -0.138. The van der Waals surface area contributed by atoms with Crippen LogP contribution in [0.4, 0.5) is 0 Å². The van der Waals surface area contributed by atoms with Crippen molar-refractivity contribution in [3.05, 3.63) is 16.4 Å². The van der Waals surface area contributed by atoms with Crippen molar-refractivity contribution < 1.29 is 9.53 Å². The van der Waals surface area contributed by atoms with Crippen LogP contribution < -0.4 is 0 Å². The van der Waals surface area contributed by atoms with Crippen LogP contribution in [-0.2, 0) is 9.53 Å². The summed E-state index contributed by atoms with van der Waals surface area (Å²) in [6, 6.07) is -0.264. The predicted octanol–water partition coefficient (Wildman–Crippen LogP) is 1.37. The molecule has 0 bridgehead atoms. The molecule has 0 aromatic carbocycles. The zero-order valence-electron chi connectivity index (χ0n) is 10.0. The summed E-state index contributed by atoms with van der Waals surface area (Å²) in [6.07, 6.45) is 1.72. The lowest BCUT2D eigenvalue weighted by atomic mass is 10.2. The highest BCUT2D eigenvalue weighted by Gasteiger charge is 2.25. The molecule has 2 heterocycles. The molecule has 0 saturated carbocycles. The van der Waals surface area contributed by atoms with Gasteiger partial charge in [0.05, 0.1) is 29.6 Å². The number of nitrogens with zero attached hydrogens (tertiary/aromatic N) is 3. The normalized spacial score (nSPS) is 18.2. The first kappa shape index (κ1) is 12.6. The monoisotopic (exact) mass is 301 g/mol. The molecule has 1 fully saturated rings. The van der Waals surface area contributed by atoms with E-state index in [1.807, 2.05) is 18.7 Å². The molecular weight excluding hydrogens is 286 g/mol. The Morgan fingerprint density at radius 1 is 1.53 bits per heavy atom. The molecule has 0 N–H and O–H groups in total. The second-order valence-electron chi connectivity index (χ2n) is 4.14. The molecule has 1 unspecified atom stereocenters. The van der Waals surface area contributed by atoms with Crippen LogP contribution in [0, 0.1) is 6.92 Å². The van der Waals surface area contributed by atoms with Crippen molar-refractivity contribution in [1.82, 2.24) is 14.7 Å². The third-order valence-electron chi connectivity index (χ3n) is 3.03. The average Bonchev–Trinajstić information content (AvgIpc) is 2.69. The number of carbonyl (C=O) groups excluding carboxylic acids is 1. The molecule has 1 amide bonds. The zero-order valence-corrected chi connectivity index (χ0v) is 11.6. The molecule has 2 rings (SSSR count). The lowest BCUT2D eigenvalue weighted by Crippen LogP contribution is -2.44. The Labute approximate surface area is 109 Å². The molecule has 1 saturated heterocycles. The van der Waals surface area contributed by atoms with E-state index in [0.29, 0.717) is 26.3 Å². The van der Waals surface area contributed by atoms with Crippen molar-refractivity contribution >= 4 is 21.8 Å². The van der Waals surface area contributed by atoms with Crippen LogP contribution in [-0.4, -0.2) is 46.9 Å². The second-order valence-corrected chi connectivity index (χ2v) is 4.99. The quantitative estimate of drug-likeness (QED) is 0.829. The summed E-state index contributed by atoms with van der Waals surface area (Å²) >= 11 is 3.40. The predicted molar refractivity (Wildman–Crippen MR) is 66.8 cm³/mol. The summed E-state index contributed by atoms with van der Waals surface area (Å²) < 4.78 is 7.92. The summed E-state index contributed by atoms with van der Waals surface area (Å²) in [6.45, 7) is 6.42. The summed E-state index contributed by atoms with van der Waals surface area (Å²) in [5.41, 5.74) is 0.971. The van der Waals surface area contributed by atoms with Crippen molar-refractivity contribution in [2.24, 2.45) is 0 Å². The molecule has 0 aliphatic carbocycles. The minimum atomic E-state index is -0.264. The summed E-state index contributed by atoms with van der Waals surface area (Å²) in [4.78, 5) is 14.1. The third-order valence-corrected chi connectivity index (χ3v) is 3.81. The van der Waals surface area contributed by atoms with E-state index in [2.05, 4.69) is 21.0 Å². The molecule has 1 atom stereocenters. The highest BCUT2D eigenvalue weighted by Crippen LogP contribution is 2.19. The first-order valence-corrected chi connectivity index (χ1v) is 6.46. The largest absolute Gasteiger partial charge is 0.378 e. The number of hydrogen-bond acceptors (Lipinski definition) is 3. The van der Waals surface area contributed by atoms with E-state index in [1.165, 1.54) is 0 Å². The Hall–Kier alpha value is -0.880. The minimum Gasteiger partial charge on any atom is -0.378 e. The molecule has 6 heteroatoms. The minimum absolute atomic E-state index is 0.104. The van der Waals surface area contributed by atoms with Crippen molar-refractivity contribution in [3.8, 4) is 0 Å². The topological polar surface area (TPSA) is 47.4 Å². The van der Waals surface area contributed by atoms with E-state index in [9.17, 15) is 4.79 Å². The Morgan fingerprint density at radius 3 is 2.71 bits per heavy atom. The standard InChI is InChI=1S/C11H16BrN3O2/c1-8-10(12)7-13-15(8)9(2)11(16)14-3-5-17-6-4-14/h7,9H,3-6H2,1-2H3. The van der Waals surface area contributed by atoms with Gasteiger partial charge in [-0.25, -0.2) is 0 Å². The maximum atomic E-state index is 12.3. The number of rotatable bonds is 2. The number of aromatic nitrogens is 2. The molecule has 1 aromatic rings. The van der Waals surface area contributed by atoms with Crippen molar-refractivity contribution in [3.63, 3.8) is 0 Å². The summed E-state index contributed by atoms with van der Waals surface area (Å²) in [7, 11) is 0. The van der Waals surface area contributed by atoms with Gasteiger partial charge in [0, 0.05) is 13.1 Å². The Morgan fingerprint density at radius 2 is 2.18 bits per heavy atom. The fourth-order valence-corrected chi connectivity index (χ4v) is 2.22. The first-order valence-electron chi connectivity index (χ1n) is 5.67. The van der Waals surface area contributed by atoms with Gasteiger partial charge < -0.3 is 9.64 Å². The number of halogens is 1. The number of morpholine rings is 1. The second kappa shape index (κ2) is 5.18. The van der Waals surface area contributed by atoms with Gasteiger partial charge in [-0.15, -0.1) is 0 Å². The molecular formula is C11H16BrN3O2. The summed E-state index contributed by atoms with van der Waals surface area (Å²) in [5, 5.41) is 4.22. The van der Waals surface area contributed by atoms with Crippen LogP contribution in [0.5, 0.6) is 0 Å². The first-order chi connectivity index (χ1) is 8.11. The molecule has 1 aliphatic rings. The van der Waals surface area contributed by atoms with Crippen LogP contribution >= 0.6 is 15.9 Å². The van der Waals surface area contributed by atoms with Gasteiger partial charge in [-0.1, -0.05) is 0 Å². The number of ether oxygens (including phenoxy) is 1. The molecule has 0 spiro atoms. The maximum Gasteiger partial charge on any atom is 0.247 e. The highest BCUT2D eigenvalue weighted by molar-refractivity contribution is 9.10. The zero-order chi connectivity index (χ0) is 12.4. The van der Waals surface area contributed by atoms with Crippen LogP contribution in [0.1, 0.15) is 18.7 Å². The van der Waals surface area contributed by atoms with Gasteiger partial charge in [-0.3, -0.25) is 9.48 Å². The van der Waals surface area contributed by atoms with Gasteiger partial charge in [0.15, 0.2) is 0 Å². The van der Waals surface area contributed by atoms with Crippen LogP contribution in [0.25, 0.3) is 0 Å². The molecule has 0 radical (unpaired) electrons. The van der Waals surface area contributed by atoms with E-state index in [4.69, 9.17) is 4.74 Å². The number of hydrogen-bond donors (Lipinski definition) is 0. The van der Waals surface area contributed by atoms with Crippen molar-refractivity contribution in [1.29, 1.82) is 0 Å². The highest BCUT2D eigenvalue weighted by atomic mass is 79.9. The van der Waals surface area contributed by atoms with E-state index < -0.39 is 0 Å².